The summed E-state index contributed by atoms with van der Waals surface area (Å²) in [6.45, 7) is 2.24. The molecule has 1 heteroatoms. The molecule has 0 aromatic carbocycles. The zero-order valence-corrected chi connectivity index (χ0v) is 9.35. The van der Waals surface area contributed by atoms with Crippen LogP contribution in [-0.2, 0) is 4.79 Å². The summed E-state index contributed by atoms with van der Waals surface area (Å²) < 4.78 is 0. The van der Waals surface area contributed by atoms with Crippen LogP contribution < -0.4 is 0 Å². The van der Waals surface area contributed by atoms with Crippen molar-refractivity contribution in [3.63, 3.8) is 0 Å². The minimum absolute atomic E-state index is 0.976. The summed E-state index contributed by atoms with van der Waals surface area (Å²) in [5, 5.41) is 0. The molecule has 0 rings (SSSR count). The first kappa shape index (κ1) is 13.2. The van der Waals surface area contributed by atoms with Gasteiger partial charge in [0.05, 0.1) is 0 Å². The first-order valence-electron chi connectivity index (χ1n) is 5.86. The highest BCUT2D eigenvalue weighted by molar-refractivity contribution is 5.43. The van der Waals surface area contributed by atoms with Crippen molar-refractivity contribution in [2.24, 2.45) is 0 Å². The summed E-state index contributed by atoms with van der Waals surface area (Å²) in [5.41, 5.74) is 2.44. The van der Waals surface area contributed by atoms with Crippen LogP contribution in [0.25, 0.3) is 0 Å². The Morgan fingerprint density at radius 1 is 0.929 bits per heavy atom. The topological polar surface area (TPSA) is 17.1 Å². The van der Waals surface area contributed by atoms with Gasteiger partial charge in [0.2, 0.25) is 0 Å². The molecule has 0 aromatic heterocycles. The molecule has 0 atom stereocenters. The van der Waals surface area contributed by atoms with Crippen LogP contribution in [0.2, 0.25) is 0 Å². The van der Waals surface area contributed by atoms with E-state index in [2.05, 4.69) is 12.7 Å². The Labute approximate surface area is 87.9 Å². The van der Waals surface area contributed by atoms with E-state index in [9.17, 15) is 4.79 Å². The summed E-state index contributed by atoms with van der Waals surface area (Å²) in [4.78, 5) is 9.77. The Morgan fingerprint density at radius 3 is 2.07 bits per heavy atom. The molecular formula is C13H22O. The second kappa shape index (κ2) is 12.2. The lowest BCUT2D eigenvalue weighted by atomic mass is 10.1. The molecule has 0 aliphatic heterocycles. The monoisotopic (exact) mass is 194 g/mol. The highest BCUT2D eigenvalue weighted by Crippen LogP contribution is 2.09. The standard InChI is InChI=1S/C13H22O/c1-2-3-4-5-6-7-8-9-10-11-12-13-14/h11H,2-10H2,1H3. The molecule has 80 valence electrons. The smallest absolute Gasteiger partial charge is 0.176 e. The number of rotatable bonds is 9. The third-order valence-corrected chi connectivity index (χ3v) is 2.36. The summed E-state index contributed by atoms with van der Waals surface area (Å²) >= 11 is 0. The Kier molecular flexibility index (Phi) is 11.6. The summed E-state index contributed by atoms with van der Waals surface area (Å²) in [7, 11) is 0. The fourth-order valence-corrected chi connectivity index (χ4v) is 1.49. The lowest BCUT2D eigenvalue weighted by Crippen LogP contribution is -1.79. The third-order valence-electron chi connectivity index (χ3n) is 2.36. The van der Waals surface area contributed by atoms with E-state index in [4.69, 9.17) is 0 Å². The van der Waals surface area contributed by atoms with Crippen LogP contribution in [0.1, 0.15) is 64.7 Å². The van der Waals surface area contributed by atoms with Crippen LogP contribution in [0.5, 0.6) is 0 Å². The fourth-order valence-electron chi connectivity index (χ4n) is 1.49. The van der Waals surface area contributed by atoms with Gasteiger partial charge in [-0.25, -0.2) is 4.79 Å². The van der Waals surface area contributed by atoms with Crippen molar-refractivity contribution in [3.05, 3.63) is 11.8 Å². The van der Waals surface area contributed by atoms with E-state index < -0.39 is 0 Å². The molecule has 0 unspecified atom stereocenters. The van der Waals surface area contributed by atoms with E-state index in [0.717, 1.165) is 6.42 Å². The largest absolute Gasteiger partial charge is 0.224 e. The van der Waals surface area contributed by atoms with Gasteiger partial charge in [-0.2, -0.15) is 0 Å². The number of allylic oxidation sites excluding steroid dienone is 1. The Bertz CT molecular complexity index is 183. The van der Waals surface area contributed by atoms with E-state index >= 15 is 0 Å². The Hall–Kier alpha value is -0.770. The van der Waals surface area contributed by atoms with Gasteiger partial charge >= 0.3 is 0 Å². The molecule has 0 amide bonds. The average molecular weight is 194 g/mol. The molecule has 0 N–H and O–H groups in total. The predicted octanol–water partition coefficient (Wildman–Crippen LogP) is 4.06. The normalized spacial score (nSPS) is 9.21. The molecule has 0 aromatic rings. The van der Waals surface area contributed by atoms with Crippen LogP contribution >= 0.6 is 0 Å². The lowest BCUT2D eigenvalue weighted by Gasteiger charge is -1.99. The van der Waals surface area contributed by atoms with Crippen LogP contribution in [0.4, 0.5) is 0 Å². The van der Waals surface area contributed by atoms with Crippen LogP contribution in [-0.4, -0.2) is 5.94 Å². The quantitative estimate of drug-likeness (QED) is 0.307. The maximum Gasteiger partial charge on any atom is 0.176 e. The number of hydrogen-bond acceptors (Lipinski definition) is 1. The minimum atomic E-state index is 0.976. The summed E-state index contributed by atoms with van der Waals surface area (Å²) in [5.74, 6) is 1.64. The highest BCUT2D eigenvalue weighted by atomic mass is 16.1. The molecule has 0 saturated heterocycles. The van der Waals surface area contributed by atoms with Crippen molar-refractivity contribution < 1.29 is 4.79 Å². The molecule has 0 saturated carbocycles. The van der Waals surface area contributed by atoms with Crippen LogP contribution in [0.15, 0.2) is 11.8 Å². The number of hydrogen-bond donors (Lipinski definition) is 0. The second-order valence-corrected chi connectivity index (χ2v) is 3.71. The van der Waals surface area contributed by atoms with Crippen molar-refractivity contribution >= 4 is 5.94 Å². The SMILES string of the molecule is CCCCCCCCCCC=C=C=O. The first-order chi connectivity index (χ1) is 6.91. The van der Waals surface area contributed by atoms with Gasteiger partial charge in [0.1, 0.15) is 0 Å². The molecule has 0 aliphatic rings. The maximum atomic E-state index is 9.77. The molecule has 0 bridgehead atoms. The third kappa shape index (κ3) is 11.2. The molecule has 1 nitrogen and oxygen atoms in total. The van der Waals surface area contributed by atoms with Crippen molar-refractivity contribution in [1.29, 1.82) is 0 Å². The van der Waals surface area contributed by atoms with Crippen molar-refractivity contribution in [1.82, 2.24) is 0 Å². The fraction of sp³-hybridized carbons (Fsp3) is 0.769. The zero-order chi connectivity index (χ0) is 10.5. The molecule has 0 heterocycles. The molecule has 0 fully saturated rings. The highest BCUT2D eigenvalue weighted by Gasteiger charge is 1.89. The van der Waals surface area contributed by atoms with E-state index in [-0.39, 0.29) is 0 Å². The first-order valence-corrected chi connectivity index (χ1v) is 5.86. The van der Waals surface area contributed by atoms with Gasteiger partial charge in [0, 0.05) is 0 Å². The van der Waals surface area contributed by atoms with E-state index in [1.165, 1.54) is 51.4 Å². The molecule has 14 heavy (non-hydrogen) atoms. The summed E-state index contributed by atoms with van der Waals surface area (Å²) in [6.07, 6.45) is 13.4. The molecular weight excluding hydrogens is 172 g/mol. The van der Waals surface area contributed by atoms with E-state index in [1.807, 2.05) is 0 Å². The van der Waals surface area contributed by atoms with Crippen LogP contribution in [0, 0.1) is 0 Å². The molecule has 0 radical (unpaired) electrons. The van der Waals surface area contributed by atoms with Gasteiger partial charge in [0.25, 0.3) is 0 Å². The van der Waals surface area contributed by atoms with E-state index in [1.54, 1.807) is 12.0 Å². The van der Waals surface area contributed by atoms with Crippen LogP contribution in [0.3, 0.4) is 0 Å². The maximum absolute atomic E-state index is 9.77. The predicted molar refractivity (Wildman–Crippen MR) is 61.0 cm³/mol. The van der Waals surface area contributed by atoms with Gasteiger partial charge in [-0.05, 0) is 24.6 Å². The molecule has 0 aliphatic carbocycles. The zero-order valence-electron chi connectivity index (χ0n) is 9.35. The lowest BCUT2D eigenvalue weighted by molar-refractivity contribution is 0.569. The van der Waals surface area contributed by atoms with Crippen molar-refractivity contribution in [2.45, 2.75) is 64.7 Å². The van der Waals surface area contributed by atoms with Gasteiger partial charge < -0.3 is 0 Å². The Balaban J connectivity index is 2.99. The Morgan fingerprint density at radius 2 is 1.50 bits per heavy atom. The molecule has 0 spiro atoms. The van der Waals surface area contributed by atoms with Crippen molar-refractivity contribution in [2.75, 3.05) is 0 Å². The van der Waals surface area contributed by atoms with Gasteiger partial charge in [-0.15, -0.1) is 0 Å². The van der Waals surface area contributed by atoms with Gasteiger partial charge in [-0.1, -0.05) is 51.9 Å². The minimum Gasteiger partial charge on any atom is -0.224 e. The van der Waals surface area contributed by atoms with E-state index in [0.29, 0.717) is 0 Å². The average Bonchev–Trinajstić information content (AvgIpc) is 2.21. The summed E-state index contributed by atoms with van der Waals surface area (Å²) in [6, 6.07) is 0. The van der Waals surface area contributed by atoms with Gasteiger partial charge in [-0.3, -0.25) is 0 Å². The number of carbonyl (C=O) groups excluding carboxylic acids is 1. The number of unbranched alkanes of at least 4 members (excludes halogenated alkanes) is 8. The second-order valence-electron chi connectivity index (χ2n) is 3.71. The van der Waals surface area contributed by atoms with Gasteiger partial charge in [0.15, 0.2) is 5.94 Å². The van der Waals surface area contributed by atoms with Crippen molar-refractivity contribution in [3.8, 4) is 0 Å².